The van der Waals surface area contributed by atoms with E-state index in [2.05, 4.69) is 10.2 Å². The Hall–Kier alpha value is -1.04. The van der Waals surface area contributed by atoms with Crippen molar-refractivity contribution in [2.45, 2.75) is 18.6 Å². The number of benzene rings is 1. The number of morpholine rings is 1. The van der Waals surface area contributed by atoms with Crippen LogP contribution in [0.4, 0.5) is 8.78 Å². The summed E-state index contributed by atoms with van der Waals surface area (Å²) in [5.41, 5.74) is 0.958. The normalized spacial score (nSPS) is 24.9. The number of halogens is 2. The average Bonchev–Trinajstić information content (AvgIpc) is 2.39. The van der Waals surface area contributed by atoms with Crippen LogP contribution in [0.25, 0.3) is 0 Å². The quantitative estimate of drug-likeness (QED) is 0.908. The van der Waals surface area contributed by atoms with Crippen LogP contribution in [0.15, 0.2) is 24.3 Å². The summed E-state index contributed by atoms with van der Waals surface area (Å²) >= 11 is 0. The second-order valence-electron chi connectivity index (χ2n) is 4.86. The number of ether oxygens (including phenoxy) is 1. The summed E-state index contributed by atoms with van der Waals surface area (Å²) in [5, 5.41) is 3.10. The lowest BCUT2D eigenvalue weighted by molar-refractivity contribution is -0.0607. The second-order valence-corrected chi connectivity index (χ2v) is 4.86. The number of rotatable bonds is 4. The van der Waals surface area contributed by atoms with Crippen LogP contribution in [0.5, 0.6) is 0 Å². The molecular weight excluding hydrogens is 250 g/mol. The third kappa shape index (κ3) is 3.29. The van der Waals surface area contributed by atoms with Gasteiger partial charge in [-0.3, -0.25) is 4.90 Å². The Balaban J connectivity index is 2.27. The van der Waals surface area contributed by atoms with Crippen molar-refractivity contribution in [1.82, 2.24) is 10.2 Å². The maximum Gasteiger partial charge on any atom is 0.263 e. The minimum Gasteiger partial charge on any atom is -0.374 e. The van der Waals surface area contributed by atoms with Crippen LogP contribution >= 0.6 is 0 Å². The number of nitrogens with one attached hydrogen (secondary N) is 1. The minimum atomic E-state index is -2.43. The maximum atomic E-state index is 12.8. The van der Waals surface area contributed by atoms with Gasteiger partial charge in [-0.1, -0.05) is 18.2 Å². The molecule has 106 valence electrons. The molecule has 0 saturated carbocycles. The molecule has 0 aromatic heterocycles. The molecule has 1 aromatic rings. The molecule has 1 aliphatic rings. The average molecular weight is 270 g/mol. The molecule has 0 radical (unpaired) electrons. The molecule has 19 heavy (non-hydrogen) atoms. The molecule has 2 unspecified atom stereocenters. The monoisotopic (exact) mass is 270 g/mol. The van der Waals surface area contributed by atoms with Crippen LogP contribution in [0.2, 0.25) is 0 Å². The lowest BCUT2D eigenvalue weighted by Crippen LogP contribution is -2.47. The molecule has 1 saturated heterocycles. The summed E-state index contributed by atoms with van der Waals surface area (Å²) in [6.45, 7) is 2.19. The first-order chi connectivity index (χ1) is 9.13. The summed E-state index contributed by atoms with van der Waals surface area (Å²) in [5.74, 6) is 0. The fourth-order valence-corrected chi connectivity index (χ4v) is 2.58. The number of nitrogens with zero attached hydrogens (tertiary/aromatic N) is 1. The Kier molecular flexibility index (Phi) is 4.85. The van der Waals surface area contributed by atoms with E-state index in [4.69, 9.17) is 4.74 Å². The zero-order chi connectivity index (χ0) is 13.8. The predicted octanol–water partition coefficient (Wildman–Crippen LogP) is 2.22. The van der Waals surface area contributed by atoms with Gasteiger partial charge in [0, 0.05) is 18.7 Å². The molecule has 0 amide bonds. The lowest BCUT2D eigenvalue weighted by atomic mass is 9.96. The van der Waals surface area contributed by atoms with Crippen LogP contribution in [-0.2, 0) is 4.74 Å². The Morgan fingerprint density at radius 3 is 2.95 bits per heavy atom. The minimum absolute atomic E-state index is 0.0138. The summed E-state index contributed by atoms with van der Waals surface area (Å²) in [6, 6.07) is 6.65. The lowest BCUT2D eigenvalue weighted by Gasteiger charge is -2.39. The van der Waals surface area contributed by atoms with Gasteiger partial charge in [-0.05, 0) is 25.7 Å². The van der Waals surface area contributed by atoms with Gasteiger partial charge in [-0.15, -0.1) is 0 Å². The number of likely N-dealkylation sites (N-methyl/N-ethyl adjacent to an activating group) is 2. The van der Waals surface area contributed by atoms with E-state index in [9.17, 15) is 8.78 Å². The highest BCUT2D eigenvalue weighted by Gasteiger charge is 2.31. The van der Waals surface area contributed by atoms with Gasteiger partial charge in [-0.25, -0.2) is 8.78 Å². The highest BCUT2D eigenvalue weighted by molar-refractivity contribution is 5.28. The molecule has 0 spiro atoms. The first-order valence-electron chi connectivity index (χ1n) is 6.48. The van der Waals surface area contributed by atoms with Crippen LogP contribution in [-0.4, -0.2) is 44.8 Å². The molecule has 1 aliphatic heterocycles. The van der Waals surface area contributed by atoms with Crippen LogP contribution in [0, 0.1) is 0 Å². The Morgan fingerprint density at radius 1 is 1.47 bits per heavy atom. The van der Waals surface area contributed by atoms with Gasteiger partial charge in [0.05, 0.1) is 18.8 Å². The molecule has 5 heteroatoms. The zero-order valence-corrected chi connectivity index (χ0v) is 11.3. The Bertz CT molecular complexity index is 412. The van der Waals surface area contributed by atoms with E-state index in [0.717, 1.165) is 12.1 Å². The van der Waals surface area contributed by atoms with Gasteiger partial charge in [0.1, 0.15) is 0 Å². The zero-order valence-electron chi connectivity index (χ0n) is 11.3. The van der Waals surface area contributed by atoms with Crippen LogP contribution in [0.1, 0.15) is 23.6 Å². The van der Waals surface area contributed by atoms with Gasteiger partial charge < -0.3 is 10.1 Å². The summed E-state index contributed by atoms with van der Waals surface area (Å²) in [6.07, 6.45) is -2.45. The van der Waals surface area contributed by atoms with Crippen molar-refractivity contribution < 1.29 is 13.5 Å². The SMILES string of the molecule is CNCC1OCCN(C)C1c1cccc(C(F)F)c1. The fraction of sp³-hybridized carbons (Fsp3) is 0.571. The fourth-order valence-electron chi connectivity index (χ4n) is 2.58. The van der Waals surface area contributed by atoms with E-state index in [0.29, 0.717) is 13.2 Å². The van der Waals surface area contributed by atoms with E-state index in [1.807, 2.05) is 20.2 Å². The molecular formula is C14H20F2N2O. The summed E-state index contributed by atoms with van der Waals surface area (Å²) in [4.78, 5) is 2.16. The third-order valence-electron chi connectivity index (χ3n) is 3.51. The van der Waals surface area contributed by atoms with Crippen molar-refractivity contribution in [3.63, 3.8) is 0 Å². The number of alkyl halides is 2. The predicted molar refractivity (Wildman–Crippen MR) is 70.4 cm³/mol. The van der Waals surface area contributed by atoms with Crippen LogP contribution < -0.4 is 5.32 Å². The molecule has 2 atom stereocenters. The van der Waals surface area contributed by atoms with Gasteiger partial charge >= 0.3 is 0 Å². The van der Waals surface area contributed by atoms with E-state index in [1.165, 1.54) is 6.07 Å². The Morgan fingerprint density at radius 2 is 2.26 bits per heavy atom. The van der Waals surface area contributed by atoms with E-state index in [-0.39, 0.29) is 17.7 Å². The topological polar surface area (TPSA) is 24.5 Å². The van der Waals surface area contributed by atoms with Gasteiger partial charge in [-0.2, -0.15) is 0 Å². The standard InChI is InChI=1S/C14H20F2N2O/c1-17-9-12-13(18(2)6-7-19-12)10-4-3-5-11(8-10)14(15)16/h3-5,8,12-14,17H,6-7,9H2,1-2H3. The van der Waals surface area contributed by atoms with Crippen molar-refractivity contribution >= 4 is 0 Å². The first-order valence-corrected chi connectivity index (χ1v) is 6.48. The van der Waals surface area contributed by atoms with Crippen molar-refractivity contribution in [3.05, 3.63) is 35.4 Å². The first kappa shape index (κ1) is 14.4. The maximum absolute atomic E-state index is 12.8. The van der Waals surface area contributed by atoms with Crippen molar-refractivity contribution in [2.75, 3.05) is 33.8 Å². The number of hydrogen-bond acceptors (Lipinski definition) is 3. The molecule has 2 rings (SSSR count). The van der Waals surface area contributed by atoms with E-state index in [1.54, 1.807) is 12.1 Å². The molecule has 0 aliphatic carbocycles. The molecule has 3 nitrogen and oxygen atoms in total. The molecule has 1 heterocycles. The second kappa shape index (κ2) is 6.41. The summed E-state index contributed by atoms with van der Waals surface area (Å²) in [7, 11) is 3.87. The summed E-state index contributed by atoms with van der Waals surface area (Å²) < 4.78 is 31.4. The van der Waals surface area contributed by atoms with E-state index >= 15 is 0 Å². The van der Waals surface area contributed by atoms with Gasteiger partial charge in [0.2, 0.25) is 0 Å². The van der Waals surface area contributed by atoms with Crippen molar-refractivity contribution in [2.24, 2.45) is 0 Å². The van der Waals surface area contributed by atoms with Crippen molar-refractivity contribution in [3.8, 4) is 0 Å². The molecule has 0 bridgehead atoms. The third-order valence-corrected chi connectivity index (χ3v) is 3.51. The molecule has 1 fully saturated rings. The number of hydrogen-bond donors (Lipinski definition) is 1. The molecule has 1 aromatic carbocycles. The van der Waals surface area contributed by atoms with Gasteiger partial charge in [0.25, 0.3) is 6.43 Å². The highest BCUT2D eigenvalue weighted by Crippen LogP contribution is 2.30. The smallest absolute Gasteiger partial charge is 0.263 e. The largest absolute Gasteiger partial charge is 0.374 e. The highest BCUT2D eigenvalue weighted by atomic mass is 19.3. The Labute approximate surface area is 112 Å². The van der Waals surface area contributed by atoms with Gasteiger partial charge in [0.15, 0.2) is 0 Å². The van der Waals surface area contributed by atoms with Crippen LogP contribution in [0.3, 0.4) is 0 Å². The van der Waals surface area contributed by atoms with E-state index < -0.39 is 6.43 Å². The molecule has 1 N–H and O–H groups in total. The van der Waals surface area contributed by atoms with Crippen molar-refractivity contribution in [1.29, 1.82) is 0 Å².